The summed E-state index contributed by atoms with van der Waals surface area (Å²) in [6, 6.07) is 0. The molecule has 0 aromatic carbocycles. The zero-order valence-corrected chi connectivity index (χ0v) is 24.9. The first kappa shape index (κ1) is 39.2. The molecule has 2 aliphatic heterocycles. The molecular formula is C27H50O17. The van der Waals surface area contributed by atoms with Crippen LogP contribution in [0.4, 0.5) is 0 Å². The van der Waals surface area contributed by atoms with E-state index in [0.29, 0.717) is 66.1 Å². The third-order valence-corrected chi connectivity index (χ3v) is 6.57. The van der Waals surface area contributed by atoms with Gasteiger partial charge in [-0.05, 0) is 0 Å². The van der Waals surface area contributed by atoms with E-state index < -0.39 is 74.6 Å². The van der Waals surface area contributed by atoms with Gasteiger partial charge in [0.05, 0.1) is 99.1 Å². The Morgan fingerprint density at radius 2 is 0.932 bits per heavy atom. The Labute approximate surface area is 256 Å². The second kappa shape index (κ2) is 23.4. The molecule has 0 aromatic rings. The van der Waals surface area contributed by atoms with Crippen LogP contribution in [0, 0.1) is 0 Å². The Balaban J connectivity index is 1.50. The standard InChI is InChI=1S/C27H50O17/c1-2-3-35-4-5-36-6-7-37-8-9-38-10-11-39-12-13-40-14-15-41-26-24(34)22(32)25(19(17-29)43-26)44-27-23(33)21(31)20(30)18(16-28)42-27/h2,18-34H,1,3-17H2/t18?,19-,20-,21-,22?,23?,24?,25+,26+,27-/m0/s1. The molecule has 0 spiro atoms. The molecule has 7 N–H and O–H groups in total. The van der Waals surface area contributed by atoms with Crippen molar-refractivity contribution in [3.63, 3.8) is 0 Å². The van der Waals surface area contributed by atoms with Gasteiger partial charge in [-0.25, -0.2) is 0 Å². The molecule has 2 fully saturated rings. The fourth-order valence-electron chi connectivity index (χ4n) is 4.18. The van der Waals surface area contributed by atoms with Crippen molar-refractivity contribution in [3.05, 3.63) is 12.7 Å². The molecule has 2 heterocycles. The van der Waals surface area contributed by atoms with Crippen LogP contribution in [-0.2, 0) is 47.4 Å². The molecule has 17 heteroatoms. The predicted molar refractivity (Wildman–Crippen MR) is 147 cm³/mol. The summed E-state index contributed by atoms with van der Waals surface area (Å²) < 4.78 is 53.9. The summed E-state index contributed by atoms with van der Waals surface area (Å²) in [6.45, 7) is 7.06. The molecule has 2 rings (SSSR count). The van der Waals surface area contributed by atoms with Crippen LogP contribution in [0.1, 0.15) is 0 Å². The molecule has 2 aliphatic rings. The Morgan fingerprint density at radius 3 is 1.41 bits per heavy atom. The van der Waals surface area contributed by atoms with Crippen LogP contribution < -0.4 is 0 Å². The Morgan fingerprint density at radius 1 is 0.500 bits per heavy atom. The zero-order chi connectivity index (χ0) is 32.2. The molecule has 0 saturated carbocycles. The minimum absolute atomic E-state index is 0.0118. The van der Waals surface area contributed by atoms with E-state index >= 15 is 0 Å². The lowest BCUT2D eigenvalue weighted by Gasteiger charge is -2.45. The van der Waals surface area contributed by atoms with Crippen molar-refractivity contribution in [2.24, 2.45) is 0 Å². The van der Waals surface area contributed by atoms with Gasteiger partial charge in [0.15, 0.2) is 12.6 Å². The molecular weight excluding hydrogens is 596 g/mol. The molecule has 260 valence electrons. The second-order valence-corrected chi connectivity index (χ2v) is 9.80. The lowest BCUT2D eigenvalue weighted by Crippen LogP contribution is -2.64. The van der Waals surface area contributed by atoms with Gasteiger partial charge < -0.3 is 83.1 Å². The van der Waals surface area contributed by atoms with Crippen molar-refractivity contribution in [1.82, 2.24) is 0 Å². The van der Waals surface area contributed by atoms with Gasteiger partial charge in [0.2, 0.25) is 0 Å². The fourth-order valence-corrected chi connectivity index (χ4v) is 4.18. The monoisotopic (exact) mass is 646 g/mol. The summed E-state index contributed by atoms with van der Waals surface area (Å²) in [4.78, 5) is 0. The van der Waals surface area contributed by atoms with Gasteiger partial charge in [-0.15, -0.1) is 6.58 Å². The van der Waals surface area contributed by atoms with Gasteiger partial charge in [0, 0.05) is 0 Å². The van der Waals surface area contributed by atoms with Gasteiger partial charge in [-0.1, -0.05) is 6.08 Å². The molecule has 0 bridgehead atoms. The Bertz CT molecular complexity index is 716. The van der Waals surface area contributed by atoms with Crippen molar-refractivity contribution in [1.29, 1.82) is 0 Å². The number of aliphatic hydroxyl groups excluding tert-OH is 7. The van der Waals surface area contributed by atoms with Crippen molar-refractivity contribution in [2.45, 2.75) is 61.4 Å². The van der Waals surface area contributed by atoms with E-state index in [9.17, 15) is 35.7 Å². The average Bonchev–Trinajstić information content (AvgIpc) is 3.03. The van der Waals surface area contributed by atoms with Crippen molar-refractivity contribution < 1.29 is 83.1 Å². The first-order valence-corrected chi connectivity index (χ1v) is 14.6. The molecule has 4 unspecified atom stereocenters. The molecule has 0 aromatic heterocycles. The highest BCUT2D eigenvalue weighted by atomic mass is 16.7. The normalized spacial score (nSPS) is 32.6. The summed E-state index contributed by atoms with van der Waals surface area (Å²) in [7, 11) is 0. The third-order valence-electron chi connectivity index (χ3n) is 6.57. The van der Waals surface area contributed by atoms with E-state index in [-0.39, 0.29) is 19.8 Å². The number of ether oxygens (including phenoxy) is 10. The molecule has 2 saturated heterocycles. The largest absolute Gasteiger partial charge is 0.394 e. The quantitative estimate of drug-likeness (QED) is 0.0369. The van der Waals surface area contributed by atoms with E-state index in [1.54, 1.807) is 6.08 Å². The van der Waals surface area contributed by atoms with E-state index in [1.807, 2.05) is 0 Å². The van der Waals surface area contributed by atoms with Crippen molar-refractivity contribution >= 4 is 0 Å². The molecule has 0 amide bonds. The topological polar surface area (TPSA) is 234 Å². The van der Waals surface area contributed by atoms with Crippen LogP contribution in [0.5, 0.6) is 0 Å². The number of rotatable bonds is 25. The number of aliphatic hydroxyl groups is 7. The minimum atomic E-state index is -1.74. The van der Waals surface area contributed by atoms with Crippen molar-refractivity contribution in [2.75, 3.05) is 99.1 Å². The third kappa shape index (κ3) is 13.8. The van der Waals surface area contributed by atoms with Gasteiger partial charge in [0.25, 0.3) is 0 Å². The highest BCUT2D eigenvalue weighted by Crippen LogP contribution is 2.29. The van der Waals surface area contributed by atoms with E-state index in [0.717, 1.165) is 0 Å². The summed E-state index contributed by atoms with van der Waals surface area (Å²) >= 11 is 0. The maximum absolute atomic E-state index is 10.6. The predicted octanol–water partition coefficient (Wildman–Crippen LogP) is -4.09. The Hall–Kier alpha value is -0.940. The Kier molecular flexibility index (Phi) is 20.9. The summed E-state index contributed by atoms with van der Waals surface area (Å²) in [6.07, 6.45) is -13.4. The van der Waals surface area contributed by atoms with Crippen LogP contribution in [0.2, 0.25) is 0 Å². The summed E-state index contributed by atoms with van der Waals surface area (Å²) in [5, 5.41) is 70.2. The first-order chi connectivity index (χ1) is 21.3. The number of hydrogen-bond donors (Lipinski definition) is 7. The smallest absolute Gasteiger partial charge is 0.187 e. The molecule has 44 heavy (non-hydrogen) atoms. The molecule has 0 radical (unpaired) electrons. The SMILES string of the molecule is C=CCOCCOCCOCCOCCOCCOCCO[C@@H]1O[C@@H](CO)[C@@H](O[C@@H]2OC(CO)[C@H](O)[C@H](O)C2O)C(O)C1O. The highest BCUT2D eigenvalue weighted by molar-refractivity contribution is 4.94. The summed E-state index contributed by atoms with van der Waals surface area (Å²) in [5.41, 5.74) is 0. The highest BCUT2D eigenvalue weighted by Gasteiger charge is 2.50. The fraction of sp³-hybridized carbons (Fsp3) is 0.926. The van der Waals surface area contributed by atoms with E-state index in [1.165, 1.54) is 0 Å². The minimum Gasteiger partial charge on any atom is -0.394 e. The molecule has 10 atom stereocenters. The zero-order valence-electron chi connectivity index (χ0n) is 24.9. The maximum atomic E-state index is 10.6. The second-order valence-electron chi connectivity index (χ2n) is 9.80. The first-order valence-electron chi connectivity index (χ1n) is 14.6. The van der Waals surface area contributed by atoms with Crippen LogP contribution in [0.3, 0.4) is 0 Å². The van der Waals surface area contributed by atoms with E-state index in [2.05, 4.69) is 6.58 Å². The average molecular weight is 647 g/mol. The molecule has 0 aliphatic carbocycles. The van der Waals surface area contributed by atoms with E-state index in [4.69, 9.17) is 47.4 Å². The maximum Gasteiger partial charge on any atom is 0.187 e. The lowest BCUT2D eigenvalue weighted by molar-refractivity contribution is -0.359. The van der Waals surface area contributed by atoms with Crippen LogP contribution in [0.25, 0.3) is 0 Å². The van der Waals surface area contributed by atoms with Crippen molar-refractivity contribution in [3.8, 4) is 0 Å². The van der Waals surface area contributed by atoms with Crippen LogP contribution in [-0.4, -0.2) is 196 Å². The summed E-state index contributed by atoms with van der Waals surface area (Å²) in [5.74, 6) is 0. The van der Waals surface area contributed by atoms with Gasteiger partial charge in [-0.3, -0.25) is 0 Å². The van der Waals surface area contributed by atoms with Gasteiger partial charge >= 0.3 is 0 Å². The van der Waals surface area contributed by atoms with Gasteiger partial charge in [0.1, 0.15) is 48.8 Å². The molecule has 17 nitrogen and oxygen atoms in total. The van der Waals surface area contributed by atoms with Gasteiger partial charge in [-0.2, -0.15) is 0 Å². The lowest BCUT2D eigenvalue weighted by atomic mass is 9.97. The van der Waals surface area contributed by atoms with Crippen LogP contribution >= 0.6 is 0 Å². The van der Waals surface area contributed by atoms with Crippen LogP contribution in [0.15, 0.2) is 12.7 Å². The number of hydrogen-bond acceptors (Lipinski definition) is 17.